The third-order valence-corrected chi connectivity index (χ3v) is 5.65. The zero-order chi connectivity index (χ0) is 16.1. The van der Waals surface area contributed by atoms with Gasteiger partial charge in [-0.3, -0.25) is 15.0 Å². The lowest BCUT2D eigenvalue weighted by Gasteiger charge is -2.33. The highest BCUT2D eigenvalue weighted by atomic mass is 32.1. The van der Waals surface area contributed by atoms with Crippen LogP contribution in [0.5, 0.6) is 0 Å². The molecule has 3 rings (SSSR count). The van der Waals surface area contributed by atoms with Crippen molar-refractivity contribution in [2.24, 2.45) is 0 Å². The van der Waals surface area contributed by atoms with Crippen LogP contribution in [0, 0.1) is 0 Å². The molecule has 124 valence electrons. The normalized spacial score (nSPS) is 18.9. The largest absolute Gasteiger partial charge is 0.299 e. The van der Waals surface area contributed by atoms with Crippen LogP contribution in [0.4, 0.5) is 5.13 Å². The lowest BCUT2D eigenvalue weighted by molar-refractivity contribution is -0.118. The molecule has 2 aromatic rings. The van der Waals surface area contributed by atoms with E-state index in [4.69, 9.17) is 0 Å². The summed E-state index contributed by atoms with van der Waals surface area (Å²) in [5, 5.41) is 15.7. The van der Waals surface area contributed by atoms with Gasteiger partial charge in [0.1, 0.15) is 10.0 Å². The van der Waals surface area contributed by atoms with Gasteiger partial charge in [-0.2, -0.15) is 0 Å². The minimum absolute atomic E-state index is 0.0207. The van der Waals surface area contributed by atoms with E-state index in [1.54, 1.807) is 11.3 Å². The maximum absolute atomic E-state index is 12.3. The number of hydrogen-bond donors (Lipinski definition) is 1. The third-order valence-electron chi connectivity index (χ3n) is 3.87. The number of carbonyl (C=O) groups excluding carboxylic acids is 1. The molecular weight excluding hydrogens is 330 g/mol. The van der Waals surface area contributed by atoms with Gasteiger partial charge in [0, 0.05) is 18.0 Å². The molecule has 1 saturated heterocycles. The van der Waals surface area contributed by atoms with Gasteiger partial charge in [0.05, 0.1) is 12.6 Å². The average Bonchev–Trinajstić information content (AvgIpc) is 3.20. The van der Waals surface area contributed by atoms with E-state index in [2.05, 4.69) is 32.3 Å². The summed E-state index contributed by atoms with van der Waals surface area (Å²) in [5.74, 6) is -0.0207. The quantitative estimate of drug-likeness (QED) is 0.866. The summed E-state index contributed by atoms with van der Waals surface area (Å²) in [6, 6.07) is 0.263. The number of carbonyl (C=O) groups is 1. The van der Waals surface area contributed by atoms with Crippen LogP contribution in [-0.2, 0) is 11.2 Å². The van der Waals surface area contributed by atoms with Crippen LogP contribution in [-0.4, -0.2) is 39.1 Å². The molecule has 1 atom stereocenters. The molecule has 6 nitrogen and oxygen atoms in total. The number of aromatic nitrogens is 3. The van der Waals surface area contributed by atoms with Gasteiger partial charge in [-0.1, -0.05) is 24.7 Å². The smallest absolute Gasteiger partial charge is 0.240 e. The lowest BCUT2D eigenvalue weighted by Crippen LogP contribution is -2.39. The Hall–Kier alpha value is -1.38. The SMILES string of the molecule is CCCc1nnc(NC(=O)CN2CCCC[C@H]2c2nccs2)s1. The van der Waals surface area contributed by atoms with Crippen molar-refractivity contribution in [3.8, 4) is 0 Å². The molecule has 8 heteroatoms. The number of amides is 1. The Balaban J connectivity index is 1.59. The first kappa shape index (κ1) is 16.5. The van der Waals surface area contributed by atoms with Crippen LogP contribution in [0.15, 0.2) is 11.6 Å². The molecule has 0 aliphatic carbocycles. The van der Waals surface area contributed by atoms with E-state index in [9.17, 15) is 4.79 Å². The number of nitrogens with zero attached hydrogens (tertiary/aromatic N) is 4. The van der Waals surface area contributed by atoms with Crippen LogP contribution >= 0.6 is 22.7 Å². The van der Waals surface area contributed by atoms with E-state index in [1.165, 1.54) is 17.8 Å². The summed E-state index contributed by atoms with van der Waals surface area (Å²) in [6.45, 7) is 3.43. The van der Waals surface area contributed by atoms with Crippen LogP contribution in [0.1, 0.15) is 48.7 Å². The van der Waals surface area contributed by atoms with Gasteiger partial charge < -0.3 is 0 Å². The van der Waals surface area contributed by atoms with Crippen molar-refractivity contribution < 1.29 is 4.79 Å². The zero-order valence-electron chi connectivity index (χ0n) is 13.2. The molecule has 3 heterocycles. The molecule has 1 aliphatic heterocycles. The lowest BCUT2D eigenvalue weighted by atomic mass is 10.0. The van der Waals surface area contributed by atoms with E-state index in [0.29, 0.717) is 11.7 Å². The topological polar surface area (TPSA) is 71.0 Å². The number of thiazole rings is 1. The maximum atomic E-state index is 12.3. The fourth-order valence-corrected chi connectivity index (χ4v) is 4.49. The first-order chi connectivity index (χ1) is 11.3. The van der Waals surface area contributed by atoms with E-state index >= 15 is 0 Å². The van der Waals surface area contributed by atoms with Crippen molar-refractivity contribution in [2.45, 2.75) is 45.1 Å². The fraction of sp³-hybridized carbons (Fsp3) is 0.600. The minimum Gasteiger partial charge on any atom is -0.299 e. The monoisotopic (exact) mass is 351 g/mol. The second-order valence-electron chi connectivity index (χ2n) is 5.65. The maximum Gasteiger partial charge on any atom is 0.240 e. The summed E-state index contributed by atoms with van der Waals surface area (Å²) in [6.07, 6.45) is 7.18. The van der Waals surface area contributed by atoms with Crippen molar-refractivity contribution in [1.29, 1.82) is 0 Å². The molecular formula is C15H21N5OS2. The number of hydrogen-bond acceptors (Lipinski definition) is 7. The predicted molar refractivity (Wildman–Crippen MR) is 92.8 cm³/mol. The van der Waals surface area contributed by atoms with Gasteiger partial charge in [-0.05, 0) is 25.8 Å². The molecule has 0 aromatic carbocycles. The molecule has 2 aromatic heterocycles. The Morgan fingerprint density at radius 2 is 2.35 bits per heavy atom. The molecule has 0 saturated carbocycles. The first-order valence-corrected chi connectivity index (χ1v) is 9.71. The molecule has 1 aliphatic rings. The number of likely N-dealkylation sites (tertiary alicyclic amines) is 1. The predicted octanol–water partition coefficient (Wildman–Crippen LogP) is 3.11. The molecule has 23 heavy (non-hydrogen) atoms. The standard InChI is InChI=1S/C15H21N5OS2/c1-2-5-13-18-19-15(23-13)17-12(21)10-20-8-4-3-6-11(20)14-16-7-9-22-14/h7,9,11H,2-6,8,10H2,1H3,(H,17,19,21)/t11-/m0/s1. The highest BCUT2D eigenvalue weighted by Gasteiger charge is 2.27. The van der Waals surface area contributed by atoms with E-state index in [1.807, 2.05) is 11.6 Å². The summed E-state index contributed by atoms with van der Waals surface area (Å²) in [7, 11) is 0. The second kappa shape index (κ2) is 7.94. The Bertz CT molecular complexity index is 628. The summed E-state index contributed by atoms with van der Waals surface area (Å²) in [4.78, 5) is 19.0. The van der Waals surface area contributed by atoms with Crippen LogP contribution in [0.2, 0.25) is 0 Å². The number of anilines is 1. The van der Waals surface area contributed by atoms with Gasteiger partial charge in [-0.25, -0.2) is 4.98 Å². The number of nitrogens with one attached hydrogen (secondary N) is 1. The van der Waals surface area contributed by atoms with Crippen LogP contribution in [0.3, 0.4) is 0 Å². The molecule has 1 amide bonds. The molecule has 0 unspecified atom stereocenters. The molecule has 0 spiro atoms. The molecule has 1 N–H and O–H groups in total. The summed E-state index contributed by atoms with van der Waals surface area (Å²) in [5.41, 5.74) is 0. The number of aryl methyl sites for hydroxylation is 1. The van der Waals surface area contributed by atoms with Crippen molar-refractivity contribution >= 4 is 33.7 Å². The third kappa shape index (κ3) is 4.33. The fourth-order valence-electron chi connectivity index (χ4n) is 2.82. The minimum atomic E-state index is -0.0207. The van der Waals surface area contributed by atoms with Gasteiger partial charge in [0.15, 0.2) is 0 Å². The molecule has 0 radical (unpaired) electrons. The highest BCUT2D eigenvalue weighted by molar-refractivity contribution is 7.15. The van der Waals surface area contributed by atoms with Crippen molar-refractivity contribution in [3.05, 3.63) is 21.6 Å². The second-order valence-corrected chi connectivity index (χ2v) is 7.64. The van der Waals surface area contributed by atoms with E-state index < -0.39 is 0 Å². The van der Waals surface area contributed by atoms with Gasteiger partial charge in [-0.15, -0.1) is 21.5 Å². The van der Waals surface area contributed by atoms with Gasteiger partial charge in [0.2, 0.25) is 11.0 Å². The first-order valence-electron chi connectivity index (χ1n) is 8.02. The molecule has 0 bridgehead atoms. The van der Waals surface area contributed by atoms with E-state index in [0.717, 1.165) is 42.2 Å². The Labute approximate surface area is 144 Å². The number of piperidine rings is 1. The van der Waals surface area contributed by atoms with Crippen LogP contribution in [0.25, 0.3) is 0 Å². The van der Waals surface area contributed by atoms with Gasteiger partial charge in [0.25, 0.3) is 0 Å². The number of rotatable bonds is 6. The van der Waals surface area contributed by atoms with Crippen LogP contribution < -0.4 is 5.32 Å². The average molecular weight is 352 g/mol. The highest BCUT2D eigenvalue weighted by Crippen LogP contribution is 2.31. The van der Waals surface area contributed by atoms with Crippen molar-refractivity contribution in [2.75, 3.05) is 18.4 Å². The van der Waals surface area contributed by atoms with E-state index in [-0.39, 0.29) is 11.9 Å². The Kier molecular flexibility index (Phi) is 5.69. The van der Waals surface area contributed by atoms with Gasteiger partial charge >= 0.3 is 0 Å². The molecule has 1 fully saturated rings. The Morgan fingerprint density at radius 1 is 1.43 bits per heavy atom. The van der Waals surface area contributed by atoms with Crippen molar-refractivity contribution in [1.82, 2.24) is 20.1 Å². The summed E-state index contributed by atoms with van der Waals surface area (Å²) >= 11 is 3.13. The Morgan fingerprint density at radius 3 is 3.13 bits per heavy atom. The zero-order valence-corrected chi connectivity index (χ0v) is 14.8. The van der Waals surface area contributed by atoms with Crippen molar-refractivity contribution in [3.63, 3.8) is 0 Å². The summed E-state index contributed by atoms with van der Waals surface area (Å²) < 4.78 is 0.